The van der Waals surface area contributed by atoms with E-state index in [2.05, 4.69) is 15.3 Å². The molecule has 1 N–H and O–H groups in total. The number of fused-ring (bicyclic) bond motifs is 2. The molecule has 5 rings (SSSR count). The SMILES string of the molecule is O=C(Nc1nccs1)c1c2c(nc3ccccc13)C(=O)N(C1CCCCC1)C2. The van der Waals surface area contributed by atoms with Crippen LogP contribution in [-0.4, -0.2) is 32.7 Å². The van der Waals surface area contributed by atoms with Crippen LogP contribution in [0.1, 0.15) is 58.5 Å². The molecule has 6 nitrogen and oxygen atoms in total. The Bertz CT molecular complexity index is 1060. The number of carbonyl (C=O) groups is 2. The number of carbonyl (C=O) groups excluding carboxylic acids is 2. The summed E-state index contributed by atoms with van der Waals surface area (Å²) in [5, 5.41) is 6.02. The zero-order valence-electron chi connectivity index (χ0n) is 15.4. The third kappa shape index (κ3) is 2.86. The van der Waals surface area contributed by atoms with E-state index in [9.17, 15) is 9.59 Å². The van der Waals surface area contributed by atoms with Crippen LogP contribution in [0.5, 0.6) is 0 Å². The van der Waals surface area contributed by atoms with E-state index in [1.54, 1.807) is 6.20 Å². The summed E-state index contributed by atoms with van der Waals surface area (Å²) in [4.78, 5) is 37.0. The Morgan fingerprint density at radius 1 is 1.18 bits per heavy atom. The predicted molar refractivity (Wildman–Crippen MR) is 109 cm³/mol. The summed E-state index contributed by atoms with van der Waals surface area (Å²) in [6.07, 6.45) is 7.24. The maximum atomic E-state index is 13.2. The highest BCUT2D eigenvalue weighted by Crippen LogP contribution is 2.35. The van der Waals surface area contributed by atoms with Crippen molar-refractivity contribution < 1.29 is 9.59 Å². The number of nitrogens with zero attached hydrogens (tertiary/aromatic N) is 3. The molecule has 0 atom stereocenters. The van der Waals surface area contributed by atoms with Gasteiger partial charge in [-0.3, -0.25) is 14.9 Å². The first-order valence-electron chi connectivity index (χ1n) is 9.66. The van der Waals surface area contributed by atoms with Crippen LogP contribution in [-0.2, 0) is 6.54 Å². The second-order valence-corrected chi connectivity index (χ2v) is 8.24. The molecule has 1 fully saturated rings. The van der Waals surface area contributed by atoms with Gasteiger partial charge in [0.25, 0.3) is 11.8 Å². The summed E-state index contributed by atoms with van der Waals surface area (Å²) in [5.74, 6) is -0.279. The Hall–Kier alpha value is -2.80. The molecule has 0 saturated heterocycles. The van der Waals surface area contributed by atoms with Crippen LogP contribution in [0.2, 0.25) is 0 Å². The van der Waals surface area contributed by atoms with Gasteiger partial charge in [-0.2, -0.15) is 0 Å². The normalized spacial score (nSPS) is 17.1. The van der Waals surface area contributed by atoms with Gasteiger partial charge in [-0.05, 0) is 18.9 Å². The van der Waals surface area contributed by atoms with Gasteiger partial charge in [-0.25, -0.2) is 9.97 Å². The van der Waals surface area contributed by atoms with Crippen molar-refractivity contribution in [3.63, 3.8) is 0 Å². The molecular formula is C21H20N4O2S. The van der Waals surface area contributed by atoms with Crippen LogP contribution >= 0.6 is 11.3 Å². The first-order chi connectivity index (χ1) is 13.7. The fraction of sp³-hybridized carbons (Fsp3) is 0.333. The molecule has 2 amide bonds. The summed E-state index contributed by atoms with van der Waals surface area (Å²) in [6, 6.07) is 7.77. The van der Waals surface area contributed by atoms with Gasteiger partial charge in [0, 0.05) is 35.1 Å². The lowest BCUT2D eigenvalue weighted by Crippen LogP contribution is -2.37. The highest BCUT2D eigenvalue weighted by Gasteiger charge is 2.38. The van der Waals surface area contributed by atoms with E-state index in [4.69, 9.17) is 0 Å². The molecule has 2 aliphatic rings. The standard InChI is InChI=1S/C21H20N4O2S/c26-19(24-21-22-10-11-28-21)17-14-8-4-5-9-16(14)23-18-15(17)12-25(20(18)27)13-6-2-1-3-7-13/h4-5,8-11,13H,1-3,6-7,12H2,(H,22,24,26). The zero-order valence-corrected chi connectivity index (χ0v) is 16.2. The van der Waals surface area contributed by atoms with Crippen molar-refractivity contribution in [3.8, 4) is 0 Å². The van der Waals surface area contributed by atoms with Crippen molar-refractivity contribution in [3.05, 3.63) is 52.7 Å². The lowest BCUT2D eigenvalue weighted by atomic mass is 9.94. The fourth-order valence-corrected chi connectivity index (χ4v) is 4.88. The van der Waals surface area contributed by atoms with Crippen LogP contribution in [0.25, 0.3) is 10.9 Å². The second-order valence-electron chi connectivity index (χ2n) is 7.35. The third-order valence-electron chi connectivity index (χ3n) is 5.68. The van der Waals surface area contributed by atoms with E-state index in [0.717, 1.165) is 36.6 Å². The van der Waals surface area contributed by atoms with Crippen molar-refractivity contribution in [2.75, 3.05) is 5.32 Å². The summed E-state index contributed by atoms with van der Waals surface area (Å²) in [7, 11) is 0. The molecule has 0 spiro atoms. The van der Waals surface area contributed by atoms with Gasteiger partial charge in [-0.15, -0.1) is 11.3 Å². The Kier molecular flexibility index (Phi) is 4.31. The van der Waals surface area contributed by atoms with Crippen LogP contribution in [0, 0.1) is 0 Å². The van der Waals surface area contributed by atoms with Crippen LogP contribution < -0.4 is 5.32 Å². The monoisotopic (exact) mass is 392 g/mol. The molecule has 142 valence electrons. The molecular weight excluding hydrogens is 372 g/mol. The van der Waals surface area contributed by atoms with Crippen molar-refractivity contribution in [1.29, 1.82) is 0 Å². The number of aromatic nitrogens is 2. The molecule has 2 aromatic heterocycles. The van der Waals surface area contributed by atoms with Crippen molar-refractivity contribution in [2.24, 2.45) is 0 Å². The first kappa shape index (κ1) is 17.3. The Labute approximate surface area is 166 Å². The molecule has 3 aromatic rings. The Balaban J connectivity index is 1.60. The fourth-order valence-electron chi connectivity index (χ4n) is 4.35. The summed E-state index contributed by atoms with van der Waals surface area (Å²) >= 11 is 1.37. The quantitative estimate of drug-likeness (QED) is 0.724. The molecule has 3 heterocycles. The molecule has 1 aromatic carbocycles. The average molecular weight is 392 g/mol. The van der Waals surface area contributed by atoms with E-state index in [0.29, 0.717) is 28.5 Å². The third-order valence-corrected chi connectivity index (χ3v) is 6.37. The topological polar surface area (TPSA) is 75.2 Å². The van der Waals surface area contributed by atoms with Gasteiger partial charge in [0.15, 0.2) is 5.13 Å². The van der Waals surface area contributed by atoms with Gasteiger partial charge >= 0.3 is 0 Å². The maximum absolute atomic E-state index is 13.2. The maximum Gasteiger partial charge on any atom is 0.273 e. The summed E-state index contributed by atoms with van der Waals surface area (Å²) in [5.41, 5.74) is 2.38. The molecule has 1 aliphatic carbocycles. The number of rotatable bonds is 3. The number of pyridine rings is 1. The van der Waals surface area contributed by atoms with Gasteiger partial charge in [0.2, 0.25) is 0 Å². The van der Waals surface area contributed by atoms with Gasteiger partial charge < -0.3 is 4.90 Å². The Morgan fingerprint density at radius 2 is 2.00 bits per heavy atom. The van der Waals surface area contributed by atoms with Crippen LogP contribution in [0.4, 0.5) is 5.13 Å². The number of nitrogens with one attached hydrogen (secondary N) is 1. The van der Waals surface area contributed by atoms with Crippen molar-refractivity contribution in [2.45, 2.75) is 44.7 Å². The lowest BCUT2D eigenvalue weighted by Gasteiger charge is -2.30. The molecule has 1 saturated carbocycles. The highest BCUT2D eigenvalue weighted by atomic mass is 32.1. The van der Waals surface area contributed by atoms with Gasteiger partial charge in [0.05, 0.1) is 11.1 Å². The van der Waals surface area contributed by atoms with Gasteiger partial charge in [-0.1, -0.05) is 37.5 Å². The highest BCUT2D eigenvalue weighted by molar-refractivity contribution is 7.13. The zero-order chi connectivity index (χ0) is 19.1. The van der Waals surface area contributed by atoms with Crippen molar-refractivity contribution >= 4 is 39.2 Å². The van der Waals surface area contributed by atoms with Crippen LogP contribution in [0.3, 0.4) is 0 Å². The first-order valence-corrected chi connectivity index (χ1v) is 10.5. The number of thiazole rings is 1. The van der Waals surface area contributed by atoms with E-state index in [-0.39, 0.29) is 17.9 Å². The van der Waals surface area contributed by atoms with E-state index in [1.807, 2.05) is 34.5 Å². The number of para-hydroxylation sites is 1. The molecule has 7 heteroatoms. The van der Waals surface area contributed by atoms with Crippen molar-refractivity contribution in [1.82, 2.24) is 14.9 Å². The number of benzene rings is 1. The van der Waals surface area contributed by atoms with Crippen LogP contribution in [0.15, 0.2) is 35.8 Å². The second kappa shape index (κ2) is 6.98. The summed E-state index contributed by atoms with van der Waals surface area (Å²) in [6.45, 7) is 0.456. The molecule has 0 radical (unpaired) electrons. The average Bonchev–Trinajstić information content (AvgIpc) is 3.35. The summed E-state index contributed by atoms with van der Waals surface area (Å²) < 4.78 is 0. The Morgan fingerprint density at radius 3 is 2.79 bits per heavy atom. The largest absolute Gasteiger partial charge is 0.330 e. The minimum absolute atomic E-state index is 0.0454. The minimum atomic E-state index is -0.233. The molecule has 28 heavy (non-hydrogen) atoms. The van der Waals surface area contributed by atoms with E-state index >= 15 is 0 Å². The smallest absolute Gasteiger partial charge is 0.273 e. The van der Waals surface area contributed by atoms with E-state index in [1.165, 1.54) is 17.8 Å². The minimum Gasteiger partial charge on any atom is -0.330 e. The van der Waals surface area contributed by atoms with Gasteiger partial charge in [0.1, 0.15) is 5.69 Å². The molecule has 0 unspecified atom stereocenters. The molecule has 0 bridgehead atoms. The number of amides is 2. The predicted octanol–water partition coefficient (Wildman–Crippen LogP) is 4.23. The van der Waals surface area contributed by atoms with E-state index < -0.39 is 0 Å². The molecule has 1 aliphatic heterocycles. The number of hydrogen-bond donors (Lipinski definition) is 1. The number of hydrogen-bond acceptors (Lipinski definition) is 5. The number of anilines is 1. The lowest BCUT2D eigenvalue weighted by molar-refractivity contribution is 0.0655.